The number of rotatable bonds is 6. The number of H-pyrrole nitrogens is 1. The summed E-state index contributed by atoms with van der Waals surface area (Å²) < 4.78 is 0. The van der Waals surface area contributed by atoms with Crippen LogP contribution in [0.5, 0.6) is 0 Å². The molecule has 106 valence electrons. The molecule has 0 aliphatic rings. The Morgan fingerprint density at radius 1 is 1.40 bits per heavy atom. The molecule has 1 heterocycles. The molecule has 0 bridgehead atoms. The van der Waals surface area contributed by atoms with Crippen LogP contribution >= 0.6 is 0 Å². The fourth-order valence-electron chi connectivity index (χ4n) is 2.14. The number of anilines is 1. The number of hydrogen-bond donors (Lipinski definition) is 2. The summed E-state index contributed by atoms with van der Waals surface area (Å²) in [6, 6.07) is 5.09. The molecular formula is C14H18N4O2. The number of nitro groups is 1. The molecule has 2 aromatic rings. The molecule has 20 heavy (non-hydrogen) atoms. The van der Waals surface area contributed by atoms with Crippen molar-refractivity contribution in [2.24, 2.45) is 0 Å². The highest BCUT2D eigenvalue weighted by atomic mass is 16.6. The first-order chi connectivity index (χ1) is 9.59. The molecular weight excluding hydrogens is 256 g/mol. The van der Waals surface area contributed by atoms with Gasteiger partial charge in [-0.2, -0.15) is 5.10 Å². The van der Waals surface area contributed by atoms with Crippen LogP contribution in [0.25, 0.3) is 0 Å². The van der Waals surface area contributed by atoms with Gasteiger partial charge < -0.3 is 5.32 Å². The van der Waals surface area contributed by atoms with Gasteiger partial charge >= 0.3 is 0 Å². The molecule has 0 fully saturated rings. The lowest BCUT2D eigenvalue weighted by Gasteiger charge is -2.09. The zero-order valence-corrected chi connectivity index (χ0v) is 11.6. The zero-order chi connectivity index (χ0) is 14.5. The quantitative estimate of drug-likeness (QED) is 0.482. The third-order valence-electron chi connectivity index (χ3n) is 3.37. The van der Waals surface area contributed by atoms with Gasteiger partial charge in [-0.1, -0.05) is 6.07 Å². The molecule has 0 radical (unpaired) electrons. The van der Waals surface area contributed by atoms with E-state index >= 15 is 0 Å². The number of aromatic nitrogens is 2. The monoisotopic (exact) mass is 274 g/mol. The van der Waals surface area contributed by atoms with Crippen molar-refractivity contribution in [2.75, 3.05) is 11.9 Å². The van der Waals surface area contributed by atoms with Crippen molar-refractivity contribution >= 4 is 11.4 Å². The number of aromatic amines is 1. The fraction of sp³-hybridized carbons (Fsp3) is 0.357. The first-order valence-electron chi connectivity index (χ1n) is 6.56. The summed E-state index contributed by atoms with van der Waals surface area (Å²) in [5, 5.41) is 21.0. The van der Waals surface area contributed by atoms with E-state index in [1.807, 2.05) is 19.2 Å². The maximum Gasteiger partial charge on any atom is 0.274 e. The van der Waals surface area contributed by atoms with Gasteiger partial charge in [0.1, 0.15) is 0 Å². The molecule has 0 unspecified atom stereocenters. The van der Waals surface area contributed by atoms with E-state index in [1.54, 1.807) is 13.0 Å². The molecule has 0 spiro atoms. The normalized spacial score (nSPS) is 10.5. The van der Waals surface area contributed by atoms with Gasteiger partial charge in [-0.15, -0.1) is 0 Å². The van der Waals surface area contributed by atoms with Gasteiger partial charge in [-0.05, 0) is 38.3 Å². The molecule has 0 saturated heterocycles. The van der Waals surface area contributed by atoms with Gasteiger partial charge in [-0.25, -0.2) is 0 Å². The number of benzene rings is 1. The van der Waals surface area contributed by atoms with Gasteiger partial charge in [0, 0.05) is 29.6 Å². The van der Waals surface area contributed by atoms with E-state index in [9.17, 15) is 10.1 Å². The Balaban J connectivity index is 1.90. The minimum Gasteiger partial charge on any atom is -0.385 e. The van der Waals surface area contributed by atoms with Crippen molar-refractivity contribution in [3.63, 3.8) is 0 Å². The first kappa shape index (κ1) is 14.0. The SMILES string of the molecule is Cc1[nH]ncc1CCCNc1cccc([N+](=O)[O-])c1C. The summed E-state index contributed by atoms with van der Waals surface area (Å²) in [5.41, 5.74) is 3.96. The maximum absolute atomic E-state index is 10.9. The van der Waals surface area contributed by atoms with Crippen LogP contribution in [0.15, 0.2) is 24.4 Å². The Hall–Kier alpha value is -2.37. The maximum atomic E-state index is 10.9. The lowest BCUT2D eigenvalue weighted by Crippen LogP contribution is -2.05. The van der Waals surface area contributed by atoms with Crippen LogP contribution in [-0.2, 0) is 6.42 Å². The molecule has 6 nitrogen and oxygen atoms in total. The highest BCUT2D eigenvalue weighted by molar-refractivity contribution is 5.59. The van der Waals surface area contributed by atoms with Crippen LogP contribution in [0.1, 0.15) is 23.2 Å². The molecule has 0 aliphatic carbocycles. The van der Waals surface area contributed by atoms with Crippen molar-refractivity contribution in [1.29, 1.82) is 0 Å². The largest absolute Gasteiger partial charge is 0.385 e. The summed E-state index contributed by atoms with van der Waals surface area (Å²) in [6.45, 7) is 4.54. The Kier molecular flexibility index (Phi) is 4.34. The predicted molar refractivity (Wildman–Crippen MR) is 78.0 cm³/mol. The number of nitrogens with zero attached hydrogens (tertiary/aromatic N) is 2. The van der Waals surface area contributed by atoms with E-state index in [0.717, 1.165) is 30.8 Å². The Labute approximate surface area is 117 Å². The van der Waals surface area contributed by atoms with Gasteiger partial charge in [0.05, 0.1) is 11.1 Å². The van der Waals surface area contributed by atoms with E-state index in [1.165, 1.54) is 11.6 Å². The Morgan fingerprint density at radius 3 is 2.85 bits per heavy atom. The lowest BCUT2D eigenvalue weighted by atomic mass is 10.1. The Morgan fingerprint density at radius 2 is 2.20 bits per heavy atom. The van der Waals surface area contributed by atoms with Crippen LogP contribution in [0.4, 0.5) is 11.4 Å². The summed E-state index contributed by atoms with van der Waals surface area (Å²) in [6.07, 6.45) is 3.72. The molecule has 1 aromatic heterocycles. The van der Waals surface area contributed by atoms with Crippen LogP contribution < -0.4 is 5.32 Å². The second kappa shape index (κ2) is 6.18. The van der Waals surface area contributed by atoms with E-state index in [-0.39, 0.29) is 10.6 Å². The standard InChI is InChI=1S/C14H18N4O2/c1-10-13(6-3-7-14(10)18(19)20)15-8-4-5-12-9-16-17-11(12)2/h3,6-7,9,15H,4-5,8H2,1-2H3,(H,16,17). The van der Waals surface area contributed by atoms with Crippen molar-refractivity contribution in [2.45, 2.75) is 26.7 Å². The zero-order valence-electron chi connectivity index (χ0n) is 11.6. The van der Waals surface area contributed by atoms with Crippen molar-refractivity contribution in [3.05, 3.63) is 51.3 Å². The van der Waals surface area contributed by atoms with Gasteiger partial charge in [0.2, 0.25) is 0 Å². The topological polar surface area (TPSA) is 83.8 Å². The van der Waals surface area contributed by atoms with Crippen molar-refractivity contribution < 1.29 is 4.92 Å². The molecule has 2 N–H and O–H groups in total. The third kappa shape index (κ3) is 3.14. The number of hydrogen-bond acceptors (Lipinski definition) is 4. The smallest absolute Gasteiger partial charge is 0.274 e. The molecule has 1 aromatic carbocycles. The number of aryl methyl sites for hydroxylation is 2. The number of nitrogens with one attached hydrogen (secondary N) is 2. The van der Waals surface area contributed by atoms with E-state index < -0.39 is 0 Å². The average molecular weight is 274 g/mol. The van der Waals surface area contributed by atoms with E-state index in [0.29, 0.717) is 5.56 Å². The Bertz CT molecular complexity index is 607. The van der Waals surface area contributed by atoms with Gasteiger partial charge in [0.15, 0.2) is 0 Å². The molecule has 0 amide bonds. The van der Waals surface area contributed by atoms with E-state index in [2.05, 4.69) is 15.5 Å². The fourth-order valence-corrected chi connectivity index (χ4v) is 2.14. The van der Waals surface area contributed by atoms with Crippen LogP contribution in [0, 0.1) is 24.0 Å². The van der Waals surface area contributed by atoms with Crippen LogP contribution in [0.3, 0.4) is 0 Å². The minimum absolute atomic E-state index is 0.153. The molecule has 0 saturated carbocycles. The van der Waals surface area contributed by atoms with Gasteiger partial charge in [0.25, 0.3) is 5.69 Å². The second-order valence-electron chi connectivity index (χ2n) is 4.76. The summed E-state index contributed by atoms with van der Waals surface area (Å²) in [5.74, 6) is 0. The van der Waals surface area contributed by atoms with Crippen molar-refractivity contribution in [3.8, 4) is 0 Å². The molecule has 6 heteroatoms. The third-order valence-corrected chi connectivity index (χ3v) is 3.37. The van der Waals surface area contributed by atoms with Crippen LogP contribution in [0.2, 0.25) is 0 Å². The van der Waals surface area contributed by atoms with Crippen LogP contribution in [-0.4, -0.2) is 21.7 Å². The van der Waals surface area contributed by atoms with E-state index in [4.69, 9.17) is 0 Å². The molecule has 0 atom stereocenters. The lowest BCUT2D eigenvalue weighted by molar-refractivity contribution is -0.385. The summed E-state index contributed by atoms with van der Waals surface area (Å²) in [4.78, 5) is 10.5. The molecule has 0 aliphatic heterocycles. The average Bonchev–Trinajstić information content (AvgIpc) is 2.81. The highest BCUT2D eigenvalue weighted by Crippen LogP contribution is 2.24. The highest BCUT2D eigenvalue weighted by Gasteiger charge is 2.12. The molecule has 2 rings (SSSR count). The van der Waals surface area contributed by atoms with Gasteiger partial charge in [-0.3, -0.25) is 15.2 Å². The second-order valence-corrected chi connectivity index (χ2v) is 4.76. The predicted octanol–water partition coefficient (Wildman–Crippen LogP) is 2.98. The summed E-state index contributed by atoms with van der Waals surface area (Å²) in [7, 11) is 0. The van der Waals surface area contributed by atoms with Crippen molar-refractivity contribution in [1.82, 2.24) is 10.2 Å². The first-order valence-corrected chi connectivity index (χ1v) is 6.56. The summed E-state index contributed by atoms with van der Waals surface area (Å²) >= 11 is 0. The minimum atomic E-state index is -0.352. The number of nitro benzene ring substituents is 1.